The van der Waals surface area contributed by atoms with Crippen molar-refractivity contribution in [3.63, 3.8) is 0 Å². The van der Waals surface area contributed by atoms with Crippen molar-refractivity contribution >= 4 is 29.5 Å². The maximum absolute atomic E-state index is 11.8. The van der Waals surface area contributed by atoms with E-state index in [1.54, 1.807) is 12.1 Å². The van der Waals surface area contributed by atoms with Crippen LogP contribution in [0.1, 0.15) is 26.7 Å². The molecule has 0 radical (unpaired) electrons. The summed E-state index contributed by atoms with van der Waals surface area (Å²) in [4.78, 5) is 12.7. The van der Waals surface area contributed by atoms with Crippen LogP contribution in [0.25, 0.3) is 0 Å². The van der Waals surface area contributed by atoms with Crippen molar-refractivity contribution in [2.75, 3.05) is 0 Å². The largest absolute Gasteiger partial charge is 0.457 e. The van der Waals surface area contributed by atoms with E-state index in [0.29, 0.717) is 23.1 Å². The molecule has 0 aromatic heterocycles. The molecule has 2 aromatic rings. The predicted molar refractivity (Wildman–Crippen MR) is 96.0 cm³/mol. The fraction of sp³-hybridized carbons (Fsp3) is 0.278. The lowest BCUT2D eigenvalue weighted by molar-refractivity contribution is -0.119. The van der Waals surface area contributed by atoms with E-state index < -0.39 is 0 Å². The number of carbonyl (C=O) groups excluding carboxylic acids is 1. The van der Waals surface area contributed by atoms with E-state index in [9.17, 15) is 4.79 Å². The van der Waals surface area contributed by atoms with Crippen LogP contribution < -0.4 is 9.46 Å². The standard InChI is InChI=1S/C18H20ClNO2S/c1-13(2)6-11-18(21)20-23-17-5-3-4-16(12-17)22-15-9-7-14(19)8-10-15/h3-5,7-10,12-13H,6,11H2,1-2H3,(H,20,21). The van der Waals surface area contributed by atoms with Gasteiger partial charge in [-0.3, -0.25) is 9.52 Å². The van der Waals surface area contributed by atoms with Crippen molar-refractivity contribution in [1.82, 2.24) is 4.72 Å². The zero-order chi connectivity index (χ0) is 16.7. The molecule has 0 fully saturated rings. The highest BCUT2D eigenvalue weighted by molar-refractivity contribution is 7.98. The third-order valence-electron chi connectivity index (χ3n) is 3.09. The fourth-order valence-electron chi connectivity index (χ4n) is 1.83. The van der Waals surface area contributed by atoms with Crippen LogP contribution in [0.4, 0.5) is 0 Å². The maximum atomic E-state index is 11.8. The number of hydrogen-bond acceptors (Lipinski definition) is 3. The summed E-state index contributed by atoms with van der Waals surface area (Å²) in [5.74, 6) is 2.01. The summed E-state index contributed by atoms with van der Waals surface area (Å²) in [5, 5.41) is 0.672. The first-order valence-electron chi connectivity index (χ1n) is 7.52. The highest BCUT2D eigenvalue weighted by Gasteiger charge is 2.05. The van der Waals surface area contributed by atoms with Gasteiger partial charge in [0.25, 0.3) is 0 Å². The van der Waals surface area contributed by atoms with Crippen LogP contribution in [0.5, 0.6) is 11.5 Å². The van der Waals surface area contributed by atoms with Crippen molar-refractivity contribution in [2.24, 2.45) is 5.92 Å². The Labute approximate surface area is 146 Å². The molecule has 0 saturated heterocycles. The van der Waals surface area contributed by atoms with E-state index in [1.807, 2.05) is 36.4 Å². The molecule has 0 aliphatic heterocycles. The molecule has 2 aromatic carbocycles. The summed E-state index contributed by atoms with van der Waals surface area (Å²) in [7, 11) is 0. The maximum Gasteiger partial charge on any atom is 0.230 e. The quantitative estimate of drug-likeness (QED) is 0.652. The molecule has 23 heavy (non-hydrogen) atoms. The third kappa shape index (κ3) is 6.55. The van der Waals surface area contributed by atoms with Crippen LogP contribution in [-0.2, 0) is 4.79 Å². The predicted octanol–water partition coefficient (Wildman–Crippen LogP) is 5.69. The second kappa shape index (κ2) is 8.85. The normalized spacial score (nSPS) is 10.6. The van der Waals surface area contributed by atoms with Crippen LogP contribution in [0.2, 0.25) is 5.02 Å². The molecule has 0 atom stereocenters. The minimum Gasteiger partial charge on any atom is -0.457 e. The van der Waals surface area contributed by atoms with Gasteiger partial charge in [-0.15, -0.1) is 0 Å². The number of carbonyl (C=O) groups is 1. The number of ether oxygens (including phenoxy) is 1. The topological polar surface area (TPSA) is 38.3 Å². The Morgan fingerprint density at radius 3 is 2.61 bits per heavy atom. The van der Waals surface area contributed by atoms with Gasteiger partial charge in [0.2, 0.25) is 5.91 Å². The molecule has 0 bridgehead atoms. The molecule has 0 saturated carbocycles. The molecule has 0 unspecified atom stereocenters. The summed E-state index contributed by atoms with van der Waals surface area (Å²) in [6.45, 7) is 4.22. The third-order valence-corrected chi connectivity index (χ3v) is 4.16. The van der Waals surface area contributed by atoms with Crippen molar-refractivity contribution in [2.45, 2.75) is 31.6 Å². The summed E-state index contributed by atoms with van der Waals surface area (Å²) in [5.41, 5.74) is 0. The van der Waals surface area contributed by atoms with Crippen LogP contribution in [0.15, 0.2) is 53.4 Å². The van der Waals surface area contributed by atoms with E-state index >= 15 is 0 Å². The average molecular weight is 350 g/mol. The first-order valence-corrected chi connectivity index (χ1v) is 8.71. The minimum absolute atomic E-state index is 0.0488. The van der Waals surface area contributed by atoms with Gasteiger partial charge in [-0.1, -0.05) is 31.5 Å². The monoisotopic (exact) mass is 349 g/mol. The summed E-state index contributed by atoms with van der Waals surface area (Å²) >= 11 is 7.16. The van der Waals surface area contributed by atoms with Gasteiger partial charge in [0, 0.05) is 16.3 Å². The van der Waals surface area contributed by atoms with Crippen molar-refractivity contribution in [3.05, 3.63) is 53.6 Å². The van der Waals surface area contributed by atoms with E-state index in [4.69, 9.17) is 16.3 Å². The van der Waals surface area contributed by atoms with Gasteiger partial charge in [-0.25, -0.2) is 0 Å². The van der Waals surface area contributed by atoms with E-state index in [-0.39, 0.29) is 5.91 Å². The van der Waals surface area contributed by atoms with Crippen LogP contribution in [0.3, 0.4) is 0 Å². The van der Waals surface area contributed by atoms with Crippen LogP contribution >= 0.6 is 23.5 Å². The van der Waals surface area contributed by atoms with Gasteiger partial charge in [-0.05, 0) is 66.8 Å². The highest BCUT2D eigenvalue weighted by atomic mass is 35.5. The smallest absolute Gasteiger partial charge is 0.230 e. The van der Waals surface area contributed by atoms with Crippen LogP contribution in [0, 0.1) is 5.92 Å². The zero-order valence-electron chi connectivity index (χ0n) is 13.2. The second-order valence-corrected chi connectivity index (χ2v) is 6.91. The fourth-order valence-corrected chi connectivity index (χ4v) is 2.61. The summed E-state index contributed by atoms with van der Waals surface area (Å²) in [6, 6.07) is 14.8. The molecule has 1 N–H and O–H groups in total. The lowest BCUT2D eigenvalue weighted by Gasteiger charge is -2.09. The lowest BCUT2D eigenvalue weighted by Crippen LogP contribution is -2.15. The highest BCUT2D eigenvalue weighted by Crippen LogP contribution is 2.26. The molecule has 5 heteroatoms. The molecule has 1 amide bonds. The Balaban J connectivity index is 1.89. The van der Waals surface area contributed by atoms with Gasteiger partial charge in [0.1, 0.15) is 11.5 Å². The Morgan fingerprint density at radius 2 is 1.91 bits per heavy atom. The first kappa shape index (κ1) is 17.7. The van der Waals surface area contributed by atoms with Gasteiger partial charge in [-0.2, -0.15) is 0 Å². The number of nitrogens with one attached hydrogen (secondary N) is 1. The van der Waals surface area contributed by atoms with Crippen LogP contribution in [-0.4, -0.2) is 5.91 Å². The van der Waals surface area contributed by atoms with Gasteiger partial charge >= 0.3 is 0 Å². The number of halogens is 1. The van der Waals surface area contributed by atoms with E-state index in [1.165, 1.54) is 11.9 Å². The summed E-state index contributed by atoms with van der Waals surface area (Å²) < 4.78 is 8.63. The average Bonchev–Trinajstić information content (AvgIpc) is 2.53. The second-order valence-electron chi connectivity index (χ2n) is 5.59. The van der Waals surface area contributed by atoms with Crippen molar-refractivity contribution < 1.29 is 9.53 Å². The molecule has 3 nitrogen and oxygen atoms in total. The molecular weight excluding hydrogens is 330 g/mol. The molecule has 122 valence electrons. The van der Waals surface area contributed by atoms with Crippen molar-refractivity contribution in [1.29, 1.82) is 0 Å². The number of rotatable bonds is 7. The molecule has 0 spiro atoms. The Bertz CT molecular complexity index is 644. The number of amides is 1. The lowest BCUT2D eigenvalue weighted by atomic mass is 10.1. The minimum atomic E-state index is 0.0488. The van der Waals surface area contributed by atoms with Gasteiger partial charge in [0.05, 0.1) is 0 Å². The van der Waals surface area contributed by atoms with Gasteiger partial charge < -0.3 is 4.74 Å². The first-order chi connectivity index (χ1) is 11.0. The number of hydrogen-bond donors (Lipinski definition) is 1. The molecule has 0 aliphatic rings. The molecule has 2 rings (SSSR count). The van der Waals surface area contributed by atoms with E-state index in [2.05, 4.69) is 18.6 Å². The zero-order valence-corrected chi connectivity index (χ0v) is 14.8. The number of benzene rings is 2. The Hall–Kier alpha value is -1.65. The molecule has 0 heterocycles. The Morgan fingerprint density at radius 1 is 1.17 bits per heavy atom. The SMILES string of the molecule is CC(C)CCC(=O)NSc1cccc(Oc2ccc(Cl)cc2)c1. The Kier molecular flexibility index (Phi) is 6.81. The molecular formula is C18H20ClNO2S. The van der Waals surface area contributed by atoms with Gasteiger partial charge in [0.15, 0.2) is 0 Å². The molecule has 0 aliphatic carbocycles. The van der Waals surface area contributed by atoms with Crippen molar-refractivity contribution in [3.8, 4) is 11.5 Å². The summed E-state index contributed by atoms with van der Waals surface area (Å²) in [6.07, 6.45) is 1.44. The van der Waals surface area contributed by atoms with E-state index in [0.717, 1.165) is 17.1 Å².